The highest BCUT2D eigenvalue weighted by molar-refractivity contribution is 7.09. The molecular formula is C18H25N7S. The van der Waals surface area contributed by atoms with E-state index in [0.29, 0.717) is 5.92 Å². The Hall–Kier alpha value is -1.80. The number of aromatic nitrogens is 4. The summed E-state index contributed by atoms with van der Waals surface area (Å²) in [7, 11) is 4.03. The van der Waals surface area contributed by atoms with Crippen molar-refractivity contribution in [1.82, 2.24) is 24.2 Å². The van der Waals surface area contributed by atoms with E-state index in [9.17, 15) is 0 Å². The highest BCUT2D eigenvalue weighted by Gasteiger charge is 2.40. The molecule has 2 aliphatic heterocycles. The molecular weight excluding hydrogens is 346 g/mol. The Morgan fingerprint density at radius 2 is 1.88 bits per heavy atom. The largest absolute Gasteiger partial charge is 0.356 e. The van der Waals surface area contributed by atoms with Crippen molar-refractivity contribution < 1.29 is 0 Å². The third-order valence-corrected chi connectivity index (χ3v) is 6.68. The number of hydrogen-bond donors (Lipinski definition) is 0. The predicted octanol–water partition coefficient (Wildman–Crippen LogP) is 1.84. The first-order valence-electron chi connectivity index (χ1n) is 9.45. The van der Waals surface area contributed by atoms with Gasteiger partial charge < -0.3 is 9.80 Å². The van der Waals surface area contributed by atoms with Gasteiger partial charge in [-0.3, -0.25) is 4.90 Å². The van der Waals surface area contributed by atoms with Crippen LogP contribution in [0.4, 0.5) is 10.9 Å². The van der Waals surface area contributed by atoms with E-state index < -0.39 is 0 Å². The van der Waals surface area contributed by atoms with Crippen LogP contribution in [0, 0.1) is 11.8 Å². The van der Waals surface area contributed by atoms with Crippen LogP contribution in [-0.4, -0.2) is 64.5 Å². The van der Waals surface area contributed by atoms with Crippen LogP contribution in [0.2, 0.25) is 0 Å². The zero-order chi connectivity index (χ0) is 17.7. The zero-order valence-electron chi connectivity index (χ0n) is 15.4. The van der Waals surface area contributed by atoms with Gasteiger partial charge in [0.25, 0.3) is 0 Å². The van der Waals surface area contributed by atoms with Gasteiger partial charge in [-0.25, -0.2) is 15.0 Å². The molecule has 1 aliphatic carbocycles. The number of fused-ring (bicyclic) bond motifs is 1. The van der Waals surface area contributed by atoms with Crippen molar-refractivity contribution in [1.29, 1.82) is 0 Å². The molecule has 2 unspecified atom stereocenters. The van der Waals surface area contributed by atoms with Crippen molar-refractivity contribution in [3.05, 3.63) is 23.9 Å². The molecule has 0 radical (unpaired) electrons. The second-order valence-electron chi connectivity index (χ2n) is 8.08. The number of nitrogens with zero attached hydrogens (tertiary/aromatic N) is 7. The normalized spacial score (nSPS) is 25.7. The first-order chi connectivity index (χ1) is 12.7. The molecule has 8 heteroatoms. The fourth-order valence-corrected chi connectivity index (χ4v) is 4.83. The topological polar surface area (TPSA) is 61.3 Å². The van der Waals surface area contributed by atoms with E-state index >= 15 is 0 Å². The maximum atomic E-state index is 4.63. The summed E-state index contributed by atoms with van der Waals surface area (Å²) >= 11 is 1.48. The van der Waals surface area contributed by atoms with Crippen LogP contribution in [0.3, 0.4) is 0 Å². The molecule has 138 valence electrons. The maximum Gasteiger partial charge on any atom is 0.204 e. The molecule has 0 bridgehead atoms. The van der Waals surface area contributed by atoms with Gasteiger partial charge in [0.2, 0.25) is 5.13 Å². The third kappa shape index (κ3) is 3.16. The highest BCUT2D eigenvalue weighted by Crippen LogP contribution is 2.40. The summed E-state index contributed by atoms with van der Waals surface area (Å²) < 4.78 is 4.51. The molecule has 3 fully saturated rings. The Morgan fingerprint density at radius 3 is 2.54 bits per heavy atom. The monoisotopic (exact) mass is 371 g/mol. The minimum absolute atomic E-state index is 0.687. The minimum Gasteiger partial charge on any atom is -0.356 e. The number of hydrogen-bond acceptors (Lipinski definition) is 8. The Morgan fingerprint density at radius 1 is 1.12 bits per heavy atom. The Labute approximate surface area is 158 Å². The van der Waals surface area contributed by atoms with Crippen molar-refractivity contribution in [2.75, 3.05) is 50.1 Å². The van der Waals surface area contributed by atoms with Crippen LogP contribution in [0.1, 0.15) is 30.3 Å². The molecule has 0 spiro atoms. The van der Waals surface area contributed by atoms with Crippen LogP contribution in [-0.2, 0) is 6.54 Å². The molecule has 0 N–H and O–H groups in total. The van der Waals surface area contributed by atoms with Crippen molar-refractivity contribution in [3.8, 4) is 0 Å². The van der Waals surface area contributed by atoms with Crippen LogP contribution >= 0.6 is 11.5 Å². The summed E-state index contributed by atoms with van der Waals surface area (Å²) in [5, 5.41) is 0.987. The van der Waals surface area contributed by atoms with Gasteiger partial charge in [-0.1, -0.05) is 0 Å². The van der Waals surface area contributed by atoms with E-state index in [2.05, 4.69) is 35.2 Å². The lowest BCUT2D eigenvalue weighted by Gasteiger charge is -2.21. The molecule has 2 aromatic rings. The van der Waals surface area contributed by atoms with Gasteiger partial charge in [0, 0.05) is 69.5 Å². The SMILES string of the molecule is CN(C)c1nc(CN2CC3CN(c4cc(C5CC5)ncn4)CC3C2)ns1. The van der Waals surface area contributed by atoms with E-state index in [1.165, 1.54) is 30.1 Å². The molecule has 4 heterocycles. The summed E-state index contributed by atoms with van der Waals surface area (Å²) in [6, 6.07) is 2.22. The highest BCUT2D eigenvalue weighted by atomic mass is 32.1. The van der Waals surface area contributed by atoms with Gasteiger partial charge in [-0.05, 0) is 24.7 Å². The zero-order valence-corrected chi connectivity index (χ0v) is 16.2. The number of anilines is 2. The first-order valence-corrected chi connectivity index (χ1v) is 10.2. The molecule has 3 aliphatic rings. The van der Waals surface area contributed by atoms with Crippen molar-refractivity contribution >= 4 is 22.5 Å². The minimum atomic E-state index is 0.687. The molecule has 5 rings (SSSR count). The van der Waals surface area contributed by atoms with E-state index in [-0.39, 0.29) is 0 Å². The Kier molecular flexibility index (Phi) is 4.04. The number of likely N-dealkylation sites (tertiary alicyclic amines) is 1. The summed E-state index contributed by atoms with van der Waals surface area (Å²) in [4.78, 5) is 20.6. The van der Waals surface area contributed by atoms with Crippen LogP contribution < -0.4 is 9.80 Å². The fraction of sp³-hybridized carbons (Fsp3) is 0.667. The lowest BCUT2D eigenvalue weighted by atomic mass is 10.0. The summed E-state index contributed by atoms with van der Waals surface area (Å²) in [6.45, 7) is 5.36. The molecule has 0 amide bonds. The van der Waals surface area contributed by atoms with Gasteiger partial charge in [0.05, 0.1) is 6.54 Å². The van der Waals surface area contributed by atoms with Crippen LogP contribution in [0.25, 0.3) is 0 Å². The molecule has 26 heavy (non-hydrogen) atoms. The summed E-state index contributed by atoms with van der Waals surface area (Å²) in [5.41, 5.74) is 1.24. The molecule has 2 aromatic heterocycles. The quantitative estimate of drug-likeness (QED) is 0.795. The second-order valence-corrected chi connectivity index (χ2v) is 8.81. The van der Waals surface area contributed by atoms with Crippen LogP contribution in [0.15, 0.2) is 12.4 Å². The molecule has 0 aromatic carbocycles. The van der Waals surface area contributed by atoms with E-state index in [4.69, 9.17) is 0 Å². The molecule has 2 saturated heterocycles. The Bertz CT molecular complexity index is 773. The van der Waals surface area contributed by atoms with Crippen molar-refractivity contribution in [2.45, 2.75) is 25.3 Å². The van der Waals surface area contributed by atoms with Gasteiger partial charge >= 0.3 is 0 Å². The van der Waals surface area contributed by atoms with Crippen molar-refractivity contribution in [2.24, 2.45) is 11.8 Å². The number of rotatable bonds is 5. The fourth-order valence-electron chi connectivity index (χ4n) is 4.23. The Balaban J connectivity index is 1.20. The second kappa shape index (κ2) is 6.42. The van der Waals surface area contributed by atoms with Gasteiger partial charge in [0.1, 0.15) is 12.1 Å². The summed E-state index contributed by atoms with van der Waals surface area (Å²) in [6.07, 6.45) is 4.33. The standard InChI is InChI=1S/C18H25N7S/c1-23(2)18-21-16(22-26-18)10-24-6-13-8-25(9-14(13)7-24)17-5-15(12-3-4-12)19-11-20-17/h5,11-14H,3-4,6-10H2,1-2H3. The first kappa shape index (κ1) is 16.4. The van der Waals surface area contributed by atoms with Crippen molar-refractivity contribution in [3.63, 3.8) is 0 Å². The van der Waals surface area contributed by atoms with E-state index in [1.54, 1.807) is 6.33 Å². The molecule has 1 saturated carbocycles. The predicted molar refractivity (Wildman–Crippen MR) is 103 cm³/mol. The lowest BCUT2D eigenvalue weighted by Crippen LogP contribution is -2.29. The van der Waals surface area contributed by atoms with Gasteiger partial charge in [-0.2, -0.15) is 4.37 Å². The average Bonchev–Trinajstić information content (AvgIpc) is 3.06. The molecule has 2 atom stereocenters. The van der Waals surface area contributed by atoms with E-state index in [1.807, 2.05) is 19.0 Å². The summed E-state index contributed by atoms with van der Waals surface area (Å²) in [5.74, 6) is 4.22. The average molecular weight is 372 g/mol. The molecule has 7 nitrogen and oxygen atoms in total. The van der Waals surface area contributed by atoms with Crippen LogP contribution in [0.5, 0.6) is 0 Å². The smallest absolute Gasteiger partial charge is 0.204 e. The third-order valence-electron chi connectivity index (χ3n) is 5.76. The lowest BCUT2D eigenvalue weighted by molar-refractivity contribution is 0.302. The maximum absolute atomic E-state index is 4.63. The van der Waals surface area contributed by atoms with Gasteiger partial charge in [-0.15, -0.1) is 0 Å². The van der Waals surface area contributed by atoms with Gasteiger partial charge in [0.15, 0.2) is 5.82 Å². The van der Waals surface area contributed by atoms with E-state index in [0.717, 1.165) is 61.3 Å².